The van der Waals surface area contributed by atoms with Gasteiger partial charge in [0, 0.05) is 44.5 Å². The summed E-state index contributed by atoms with van der Waals surface area (Å²) < 4.78 is 12.7. The smallest absolute Gasteiger partial charge is 0.246 e. The lowest BCUT2D eigenvalue weighted by atomic mass is 10.2. The lowest BCUT2D eigenvalue weighted by Gasteiger charge is -2.34. The number of fused-ring (bicyclic) bond motifs is 1. The van der Waals surface area contributed by atoms with Gasteiger partial charge in [0.25, 0.3) is 0 Å². The number of piperazine rings is 1. The molecule has 148 valence electrons. The second-order valence-corrected chi connectivity index (χ2v) is 7.26. The Bertz CT molecular complexity index is 882. The lowest BCUT2D eigenvalue weighted by molar-refractivity contribution is -0.127. The summed E-state index contributed by atoms with van der Waals surface area (Å²) in [6, 6.07) is 7.79. The van der Waals surface area contributed by atoms with E-state index in [0.29, 0.717) is 0 Å². The minimum absolute atomic E-state index is 0.0517. The van der Waals surface area contributed by atoms with Gasteiger partial charge in [0.1, 0.15) is 0 Å². The topological polar surface area (TPSA) is 59.8 Å². The van der Waals surface area contributed by atoms with Crippen molar-refractivity contribution >= 4 is 12.0 Å². The average molecular weight is 382 g/mol. The summed E-state index contributed by atoms with van der Waals surface area (Å²) in [7, 11) is 0. The van der Waals surface area contributed by atoms with Crippen LogP contribution in [0.5, 0.6) is 11.5 Å². The maximum Gasteiger partial charge on any atom is 0.246 e. The number of aromatic nitrogens is 2. The van der Waals surface area contributed by atoms with Crippen molar-refractivity contribution in [1.82, 2.24) is 19.6 Å². The molecule has 0 radical (unpaired) electrons. The highest BCUT2D eigenvalue weighted by atomic mass is 16.7. The molecular formula is C21H26N4O3. The Morgan fingerprint density at radius 1 is 1.07 bits per heavy atom. The molecule has 0 bridgehead atoms. The molecule has 1 amide bonds. The van der Waals surface area contributed by atoms with Crippen molar-refractivity contribution < 1.29 is 14.3 Å². The van der Waals surface area contributed by atoms with Crippen molar-refractivity contribution in [3.05, 3.63) is 47.3 Å². The predicted molar refractivity (Wildman–Crippen MR) is 106 cm³/mol. The van der Waals surface area contributed by atoms with Crippen LogP contribution in [-0.2, 0) is 11.3 Å². The molecule has 0 unspecified atom stereocenters. The van der Waals surface area contributed by atoms with E-state index in [-0.39, 0.29) is 12.7 Å². The zero-order valence-electron chi connectivity index (χ0n) is 16.4. The molecule has 28 heavy (non-hydrogen) atoms. The SMILES string of the molecule is Cc1cc(C)n(CCN2CCN(C(=O)/C=C/c3ccc4c(c3)OCO4)CC2)n1. The van der Waals surface area contributed by atoms with Gasteiger partial charge in [-0.15, -0.1) is 0 Å². The maximum atomic E-state index is 12.5. The third kappa shape index (κ3) is 4.20. The number of ether oxygens (including phenoxy) is 2. The highest BCUT2D eigenvalue weighted by molar-refractivity contribution is 5.92. The van der Waals surface area contributed by atoms with Gasteiger partial charge in [0.05, 0.1) is 12.2 Å². The van der Waals surface area contributed by atoms with Gasteiger partial charge < -0.3 is 14.4 Å². The summed E-state index contributed by atoms with van der Waals surface area (Å²) in [6.45, 7) is 9.49. The normalized spacial score (nSPS) is 16.9. The highest BCUT2D eigenvalue weighted by Crippen LogP contribution is 2.32. The molecule has 0 saturated carbocycles. The number of benzene rings is 1. The summed E-state index contributed by atoms with van der Waals surface area (Å²) in [5.74, 6) is 1.53. The van der Waals surface area contributed by atoms with Gasteiger partial charge in [-0.1, -0.05) is 6.07 Å². The van der Waals surface area contributed by atoms with Crippen molar-refractivity contribution in [3.8, 4) is 11.5 Å². The van der Waals surface area contributed by atoms with Crippen LogP contribution in [0.25, 0.3) is 6.08 Å². The summed E-state index contributed by atoms with van der Waals surface area (Å²) in [5.41, 5.74) is 3.18. The van der Waals surface area contributed by atoms with Crippen molar-refractivity contribution in [1.29, 1.82) is 0 Å². The van der Waals surface area contributed by atoms with Crippen LogP contribution in [0.3, 0.4) is 0 Å². The fourth-order valence-electron chi connectivity index (χ4n) is 3.62. The van der Waals surface area contributed by atoms with Gasteiger partial charge in [-0.05, 0) is 43.7 Å². The average Bonchev–Trinajstić information content (AvgIpc) is 3.29. The van der Waals surface area contributed by atoms with Crippen LogP contribution in [0.1, 0.15) is 17.0 Å². The molecule has 1 aromatic carbocycles. The van der Waals surface area contributed by atoms with Crippen LogP contribution >= 0.6 is 0 Å². The molecule has 0 atom stereocenters. The molecule has 7 heteroatoms. The molecule has 0 spiro atoms. The zero-order valence-corrected chi connectivity index (χ0v) is 16.4. The number of carbonyl (C=O) groups excluding carboxylic acids is 1. The van der Waals surface area contributed by atoms with E-state index in [0.717, 1.165) is 62.0 Å². The van der Waals surface area contributed by atoms with Crippen molar-refractivity contribution in [3.63, 3.8) is 0 Å². The first kappa shape index (κ1) is 18.6. The van der Waals surface area contributed by atoms with E-state index in [1.807, 2.05) is 36.1 Å². The van der Waals surface area contributed by atoms with Gasteiger partial charge in [-0.25, -0.2) is 0 Å². The van der Waals surface area contributed by atoms with Crippen molar-refractivity contribution in [2.45, 2.75) is 20.4 Å². The Balaban J connectivity index is 1.25. The minimum Gasteiger partial charge on any atom is -0.454 e. The Hall–Kier alpha value is -2.80. The fourth-order valence-corrected chi connectivity index (χ4v) is 3.62. The van der Waals surface area contributed by atoms with E-state index in [2.05, 4.69) is 27.7 Å². The van der Waals surface area contributed by atoms with Crippen LogP contribution in [0.15, 0.2) is 30.3 Å². The molecule has 3 heterocycles. The first-order chi connectivity index (χ1) is 13.6. The van der Waals surface area contributed by atoms with Crippen LogP contribution in [0.4, 0.5) is 0 Å². The molecule has 2 aliphatic heterocycles. The summed E-state index contributed by atoms with van der Waals surface area (Å²) in [4.78, 5) is 16.8. The van der Waals surface area contributed by atoms with Crippen LogP contribution in [-0.4, -0.2) is 65.0 Å². The number of amides is 1. The van der Waals surface area contributed by atoms with Gasteiger partial charge in [-0.3, -0.25) is 14.4 Å². The maximum absolute atomic E-state index is 12.5. The van der Waals surface area contributed by atoms with Gasteiger partial charge in [-0.2, -0.15) is 5.10 Å². The second-order valence-electron chi connectivity index (χ2n) is 7.26. The third-order valence-corrected chi connectivity index (χ3v) is 5.23. The number of nitrogens with zero attached hydrogens (tertiary/aromatic N) is 4. The summed E-state index contributed by atoms with van der Waals surface area (Å²) in [5, 5.41) is 4.51. The largest absolute Gasteiger partial charge is 0.454 e. The standard InChI is InChI=1S/C21H26N4O3/c1-16-13-17(2)25(22-16)12-9-23-7-10-24(11-8-23)21(26)6-4-18-3-5-19-20(14-18)28-15-27-19/h3-6,13-14H,7-12,15H2,1-2H3/b6-4+. The molecular weight excluding hydrogens is 356 g/mol. The molecule has 1 fully saturated rings. The number of hydrogen-bond donors (Lipinski definition) is 0. The summed E-state index contributed by atoms with van der Waals surface area (Å²) >= 11 is 0. The van der Waals surface area contributed by atoms with E-state index in [4.69, 9.17) is 9.47 Å². The van der Waals surface area contributed by atoms with E-state index in [1.54, 1.807) is 6.08 Å². The number of carbonyl (C=O) groups is 1. The predicted octanol–water partition coefficient (Wildman–Crippen LogP) is 2.09. The van der Waals surface area contributed by atoms with Crippen LogP contribution in [0.2, 0.25) is 0 Å². The Labute approximate surface area is 165 Å². The van der Waals surface area contributed by atoms with Crippen molar-refractivity contribution in [2.24, 2.45) is 0 Å². The first-order valence-electron chi connectivity index (χ1n) is 9.68. The van der Waals surface area contributed by atoms with E-state index in [9.17, 15) is 4.79 Å². The highest BCUT2D eigenvalue weighted by Gasteiger charge is 2.20. The molecule has 4 rings (SSSR count). The van der Waals surface area contributed by atoms with Gasteiger partial charge in [0.15, 0.2) is 11.5 Å². The number of aryl methyl sites for hydroxylation is 2. The monoisotopic (exact) mass is 382 g/mol. The molecule has 1 saturated heterocycles. The van der Waals surface area contributed by atoms with Crippen LogP contribution in [0, 0.1) is 13.8 Å². The summed E-state index contributed by atoms with van der Waals surface area (Å²) in [6.07, 6.45) is 3.47. The Morgan fingerprint density at radius 2 is 1.86 bits per heavy atom. The molecule has 0 aliphatic carbocycles. The minimum atomic E-state index is 0.0517. The molecule has 1 aromatic heterocycles. The number of hydrogen-bond acceptors (Lipinski definition) is 5. The van der Waals surface area contributed by atoms with E-state index < -0.39 is 0 Å². The zero-order chi connectivity index (χ0) is 19.5. The lowest BCUT2D eigenvalue weighted by Crippen LogP contribution is -2.48. The second kappa shape index (κ2) is 8.06. The molecule has 2 aromatic rings. The van der Waals surface area contributed by atoms with Gasteiger partial charge in [0.2, 0.25) is 12.7 Å². The quantitative estimate of drug-likeness (QED) is 0.741. The van der Waals surface area contributed by atoms with E-state index in [1.165, 1.54) is 5.69 Å². The third-order valence-electron chi connectivity index (χ3n) is 5.23. The Kier molecular flexibility index (Phi) is 5.34. The molecule has 0 N–H and O–H groups in total. The van der Waals surface area contributed by atoms with Crippen molar-refractivity contribution in [2.75, 3.05) is 39.5 Å². The number of rotatable bonds is 5. The van der Waals surface area contributed by atoms with Crippen LogP contribution < -0.4 is 9.47 Å². The Morgan fingerprint density at radius 3 is 2.61 bits per heavy atom. The van der Waals surface area contributed by atoms with E-state index >= 15 is 0 Å². The molecule has 2 aliphatic rings. The fraction of sp³-hybridized carbons (Fsp3) is 0.429. The molecule has 7 nitrogen and oxygen atoms in total. The first-order valence-corrected chi connectivity index (χ1v) is 9.68. The van der Waals surface area contributed by atoms with Gasteiger partial charge >= 0.3 is 0 Å².